The molecule has 0 aliphatic carbocycles. The first-order chi connectivity index (χ1) is 15.1. The lowest BCUT2D eigenvalue weighted by Gasteiger charge is -2.24. The highest BCUT2D eigenvalue weighted by atomic mass is 16.2. The van der Waals surface area contributed by atoms with E-state index < -0.39 is 5.41 Å². The van der Waals surface area contributed by atoms with Crippen molar-refractivity contribution in [3.63, 3.8) is 0 Å². The minimum atomic E-state index is -0.417. The van der Waals surface area contributed by atoms with E-state index in [-0.39, 0.29) is 11.8 Å². The Morgan fingerprint density at radius 1 is 1.06 bits per heavy atom. The SMILES string of the molecule is O=C(c1ccc(C2CCNCC2)cc1)N1CCC2(CCN(Cc3ccccn3)C2=O)C1. The Morgan fingerprint density at radius 2 is 1.84 bits per heavy atom. The lowest BCUT2D eigenvalue weighted by molar-refractivity contribution is -0.135. The topological polar surface area (TPSA) is 65.5 Å². The van der Waals surface area contributed by atoms with Gasteiger partial charge in [-0.3, -0.25) is 14.6 Å². The van der Waals surface area contributed by atoms with Crippen molar-refractivity contribution in [2.75, 3.05) is 32.7 Å². The number of benzene rings is 1. The van der Waals surface area contributed by atoms with Gasteiger partial charge < -0.3 is 15.1 Å². The van der Waals surface area contributed by atoms with E-state index in [1.54, 1.807) is 6.20 Å². The summed E-state index contributed by atoms with van der Waals surface area (Å²) in [5, 5.41) is 3.40. The lowest BCUT2D eigenvalue weighted by atomic mass is 9.85. The van der Waals surface area contributed by atoms with Crippen LogP contribution in [0.15, 0.2) is 48.7 Å². The molecular weight excluding hydrogens is 388 g/mol. The molecule has 1 atom stereocenters. The number of nitrogens with zero attached hydrogens (tertiary/aromatic N) is 3. The Hall–Kier alpha value is -2.73. The van der Waals surface area contributed by atoms with Gasteiger partial charge in [0.05, 0.1) is 17.7 Å². The van der Waals surface area contributed by atoms with E-state index in [0.717, 1.165) is 56.6 Å². The van der Waals surface area contributed by atoms with E-state index in [0.29, 0.717) is 25.6 Å². The van der Waals surface area contributed by atoms with Gasteiger partial charge in [-0.15, -0.1) is 0 Å². The summed E-state index contributed by atoms with van der Waals surface area (Å²) in [6.45, 7) is 4.59. The van der Waals surface area contributed by atoms with Crippen molar-refractivity contribution in [1.82, 2.24) is 20.1 Å². The number of carbonyl (C=O) groups excluding carboxylic acids is 2. The van der Waals surface area contributed by atoms with Crippen LogP contribution in [-0.2, 0) is 11.3 Å². The molecule has 4 heterocycles. The number of hydrogen-bond donors (Lipinski definition) is 1. The summed E-state index contributed by atoms with van der Waals surface area (Å²) in [5.41, 5.74) is 2.55. The molecule has 1 N–H and O–H groups in total. The first kappa shape index (κ1) is 20.2. The maximum absolute atomic E-state index is 13.2. The summed E-state index contributed by atoms with van der Waals surface area (Å²) in [7, 11) is 0. The van der Waals surface area contributed by atoms with E-state index in [9.17, 15) is 9.59 Å². The van der Waals surface area contributed by atoms with Crippen LogP contribution in [0.2, 0.25) is 0 Å². The average molecular weight is 419 g/mol. The Labute approximate surface area is 183 Å². The van der Waals surface area contributed by atoms with Crippen LogP contribution in [0.4, 0.5) is 0 Å². The van der Waals surface area contributed by atoms with Gasteiger partial charge in [-0.2, -0.15) is 0 Å². The molecule has 3 saturated heterocycles. The molecule has 6 nitrogen and oxygen atoms in total. The van der Waals surface area contributed by atoms with Crippen LogP contribution in [0.1, 0.15) is 53.2 Å². The number of rotatable bonds is 4. The molecular formula is C25H30N4O2. The molecule has 0 saturated carbocycles. The van der Waals surface area contributed by atoms with E-state index in [1.807, 2.05) is 40.1 Å². The van der Waals surface area contributed by atoms with Gasteiger partial charge in [0.15, 0.2) is 0 Å². The monoisotopic (exact) mass is 418 g/mol. The first-order valence-electron chi connectivity index (χ1n) is 11.4. The average Bonchev–Trinajstić information content (AvgIpc) is 3.40. The van der Waals surface area contributed by atoms with Gasteiger partial charge in [-0.1, -0.05) is 18.2 Å². The van der Waals surface area contributed by atoms with E-state index in [2.05, 4.69) is 22.4 Å². The van der Waals surface area contributed by atoms with Crippen LogP contribution < -0.4 is 5.32 Å². The number of aromatic nitrogens is 1. The van der Waals surface area contributed by atoms with Gasteiger partial charge in [0.2, 0.25) is 5.91 Å². The van der Waals surface area contributed by atoms with E-state index in [1.165, 1.54) is 5.56 Å². The second-order valence-electron chi connectivity index (χ2n) is 9.20. The Bertz CT molecular complexity index is 940. The molecule has 1 aromatic carbocycles. The van der Waals surface area contributed by atoms with Gasteiger partial charge in [0, 0.05) is 31.4 Å². The molecule has 5 rings (SSSR count). The molecule has 2 aromatic rings. The van der Waals surface area contributed by atoms with Crippen LogP contribution in [0.25, 0.3) is 0 Å². The third-order valence-electron chi connectivity index (χ3n) is 7.29. The molecule has 2 amide bonds. The van der Waals surface area contributed by atoms with Crippen LogP contribution >= 0.6 is 0 Å². The zero-order chi connectivity index (χ0) is 21.3. The number of pyridine rings is 1. The summed E-state index contributed by atoms with van der Waals surface area (Å²) >= 11 is 0. The lowest BCUT2D eigenvalue weighted by Crippen LogP contribution is -2.38. The van der Waals surface area contributed by atoms with Gasteiger partial charge in [-0.05, 0) is 74.5 Å². The minimum absolute atomic E-state index is 0.0460. The molecule has 0 radical (unpaired) electrons. The number of likely N-dealkylation sites (tertiary alicyclic amines) is 2. The smallest absolute Gasteiger partial charge is 0.253 e. The second kappa shape index (κ2) is 8.42. The summed E-state index contributed by atoms with van der Waals surface area (Å²) < 4.78 is 0. The molecule has 3 aliphatic heterocycles. The number of amides is 2. The fourth-order valence-corrected chi connectivity index (χ4v) is 5.39. The third kappa shape index (κ3) is 3.97. The number of nitrogens with one attached hydrogen (secondary N) is 1. The highest BCUT2D eigenvalue weighted by molar-refractivity contribution is 5.95. The second-order valence-corrected chi connectivity index (χ2v) is 9.20. The van der Waals surface area contributed by atoms with E-state index in [4.69, 9.17) is 0 Å². The Kier molecular flexibility index (Phi) is 5.48. The quantitative estimate of drug-likeness (QED) is 0.829. The van der Waals surface area contributed by atoms with Crippen LogP contribution in [0, 0.1) is 5.41 Å². The molecule has 1 spiro atoms. The summed E-state index contributed by atoms with van der Waals surface area (Å²) in [6, 6.07) is 14.0. The van der Waals surface area contributed by atoms with Crippen LogP contribution in [-0.4, -0.2) is 59.3 Å². The molecule has 1 unspecified atom stereocenters. The van der Waals surface area contributed by atoms with Crippen molar-refractivity contribution < 1.29 is 9.59 Å². The highest BCUT2D eigenvalue weighted by Gasteiger charge is 2.51. The Morgan fingerprint density at radius 3 is 2.58 bits per heavy atom. The maximum Gasteiger partial charge on any atom is 0.253 e. The Balaban J connectivity index is 1.23. The van der Waals surface area contributed by atoms with Gasteiger partial charge in [0.1, 0.15) is 0 Å². The van der Waals surface area contributed by atoms with Gasteiger partial charge in [0.25, 0.3) is 5.91 Å². The summed E-state index contributed by atoms with van der Waals surface area (Å²) in [4.78, 5) is 34.5. The maximum atomic E-state index is 13.2. The number of carbonyl (C=O) groups is 2. The zero-order valence-corrected chi connectivity index (χ0v) is 17.9. The van der Waals surface area contributed by atoms with Crippen LogP contribution in [0.5, 0.6) is 0 Å². The highest BCUT2D eigenvalue weighted by Crippen LogP contribution is 2.41. The fourth-order valence-electron chi connectivity index (χ4n) is 5.39. The molecule has 3 aliphatic rings. The molecule has 6 heteroatoms. The van der Waals surface area contributed by atoms with Crippen molar-refractivity contribution >= 4 is 11.8 Å². The molecule has 162 valence electrons. The largest absolute Gasteiger partial charge is 0.338 e. The first-order valence-corrected chi connectivity index (χ1v) is 11.4. The number of hydrogen-bond acceptors (Lipinski definition) is 4. The zero-order valence-electron chi connectivity index (χ0n) is 17.9. The van der Waals surface area contributed by atoms with Crippen LogP contribution in [0.3, 0.4) is 0 Å². The van der Waals surface area contributed by atoms with Crippen molar-refractivity contribution in [3.05, 3.63) is 65.5 Å². The molecule has 1 aromatic heterocycles. The van der Waals surface area contributed by atoms with E-state index >= 15 is 0 Å². The summed E-state index contributed by atoms with van der Waals surface area (Å²) in [6.07, 6.45) is 5.64. The van der Waals surface area contributed by atoms with Crippen molar-refractivity contribution in [1.29, 1.82) is 0 Å². The van der Waals surface area contributed by atoms with Crippen molar-refractivity contribution in [2.24, 2.45) is 5.41 Å². The van der Waals surface area contributed by atoms with Crippen molar-refractivity contribution in [2.45, 2.75) is 38.1 Å². The fraction of sp³-hybridized carbons (Fsp3) is 0.480. The van der Waals surface area contributed by atoms with Gasteiger partial charge >= 0.3 is 0 Å². The van der Waals surface area contributed by atoms with Gasteiger partial charge in [-0.25, -0.2) is 0 Å². The minimum Gasteiger partial charge on any atom is -0.338 e. The molecule has 0 bridgehead atoms. The summed E-state index contributed by atoms with van der Waals surface area (Å²) in [5.74, 6) is 0.807. The third-order valence-corrected chi connectivity index (χ3v) is 7.29. The number of piperidine rings is 1. The normalized spacial score (nSPS) is 24.3. The standard InChI is InChI=1S/C25H30N4O2/c30-23(21-6-4-19(5-7-21)20-8-13-26-14-9-20)29-16-11-25(18-29)10-15-28(24(25)31)17-22-3-1-2-12-27-22/h1-7,12,20,26H,8-11,13-18H2. The predicted molar refractivity (Wildman–Crippen MR) is 119 cm³/mol. The molecule has 3 fully saturated rings. The van der Waals surface area contributed by atoms with Crippen molar-refractivity contribution in [3.8, 4) is 0 Å². The predicted octanol–water partition coefficient (Wildman–Crippen LogP) is 2.81. The molecule has 31 heavy (non-hydrogen) atoms.